The number of nitrogens with one attached hydrogen (secondary N) is 1. The third-order valence-corrected chi connectivity index (χ3v) is 4.68. The Hall–Kier alpha value is -3.48. The summed E-state index contributed by atoms with van der Waals surface area (Å²) in [5.41, 5.74) is 2.56. The van der Waals surface area contributed by atoms with Crippen molar-refractivity contribution in [2.75, 3.05) is 0 Å². The molecule has 29 heavy (non-hydrogen) atoms. The summed E-state index contributed by atoms with van der Waals surface area (Å²) in [6.07, 6.45) is 5.02. The van der Waals surface area contributed by atoms with Gasteiger partial charge in [0.15, 0.2) is 5.65 Å². The van der Waals surface area contributed by atoms with Crippen LogP contribution in [0.4, 0.5) is 4.39 Å². The van der Waals surface area contributed by atoms with Gasteiger partial charge in [0.25, 0.3) is 0 Å². The van der Waals surface area contributed by atoms with Crippen LogP contribution in [0.25, 0.3) is 11.2 Å². The van der Waals surface area contributed by atoms with Crippen molar-refractivity contribution in [3.63, 3.8) is 0 Å². The van der Waals surface area contributed by atoms with Gasteiger partial charge < -0.3 is 14.3 Å². The summed E-state index contributed by atoms with van der Waals surface area (Å²) in [7, 11) is 0. The molecule has 0 saturated carbocycles. The molecule has 4 rings (SSSR count). The molecule has 0 aliphatic carbocycles. The van der Waals surface area contributed by atoms with Gasteiger partial charge >= 0.3 is 0 Å². The van der Waals surface area contributed by atoms with E-state index in [1.54, 1.807) is 30.7 Å². The number of fused-ring (bicyclic) bond motifs is 1. The average molecular weight is 392 g/mol. The zero-order valence-electron chi connectivity index (χ0n) is 15.8. The van der Waals surface area contributed by atoms with Crippen molar-refractivity contribution in [3.05, 3.63) is 84.0 Å². The summed E-state index contributed by atoms with van der Waals surface area (Å²) in [4.78, 5) is 21.2. The number of hydrogen-bond donors (Lipinski definition) is 1. The molecule has 1 N–H and O–H groups in total. The molecule has 0 fully saturated rings. The van der Waals surface area contributed by atoms with Crippen LogP contribution >= 0.6 is 0 Å². The van der Waals surface area contributed by atoms with Crippen molar-refractivity contribution in [3.8, 4) is 0 Å². The zero-order valence-corrected chi connectivity index (χ0v) is 15.8. The molecule has 0 radical (unpaired) electrons. The maximum absolute atomic E-state index is 13.2. The van der Waals surface area contributed by atoms with Crippen LogP contribution < -0.4 is 5.32 Å². The first kappa shape index (κ1) is 18.9. The summed E-state index contributed by atoms with van der Waals surface area (Å²) in [5.74, 6) is 1.30. The maximum Gasteiger partial charge on any atom is 0.220 e. The van der Waals surface area contributed by atoms with Crippen molar-refractivity contribution in [1.82, 2.24) is 19.9 Å². The van der Waals surface area contributed by atoms with Crippen molar-refractivity contribution in [2.24, 2.45) is 0 Å². The van der Waals surface area contributed by atoms with Gasteiger partial charge in [-0.05, 0) is 48.4 Å². The Morgan fingerprint density at radius 3 is 2.79 bits per heavy atom. The second-order valence-electron chi connectivity index (χ2n) is 6.80. The molecule has 0 aliphatic rings. The molecule has 148 valence electrons. The smallest absolute Gasteiger partial charge is 0.220 e. The monoisotopic (exact) mass is 392 g/mol. The van der Waals surface area contributed by atoms with E-state index in [0.29, 0.717) is 32.4 Å². The van der Waals surface area contributed by atoms with E-state index in [0.717, 1.165) is 28.3 Å². The molecule has 6 nitrogen and oxygen atoms in total. The molecule has 0 unspecified atom stereocenters. The zero-order chi connectivity index (χ0) is 20.1. The van der Waals surface area contributed by atoms with Crippen molar-refractivity contribution < 1.29 is 13.6 Å². The fraction of sp³-hybridized carbons (Fsp3) is 0.227. The lowest BCUT2D eigenvalue weighted by Gasteiger charge is -2.09. The lowest BCUT2D eigenvalue weighted by molar-refractivity contribution is -0.121. The third kappa shape index (κ3) is 4.68. The van der Waals surface area contributed by atoms with E-state index in [1.165, 1.54) is 12.1 Å². The highest BCUT2D eigenvalue weighted by atomic mass is 19.1. The number of aromatic nitrogens is 3. The van der Waals surface area contributed by atoms with Gasteiger partial charge in [0.1, 0.15) is 22.9 Å². The predicted molar refractivity (Wildman–Crippen MR) is 107 cm³/mol. The Kier molecular flexibility index (Phi) is 5.65. The van der Waals surface area contributed by atoms with Crippen LogP contribution in [0, 0.1) is 5.82 Å². The second kappa shape index (κ2) is 8.68. The number of halogens is 1. The Balaban J connectivity index is 1.42. The first-order valence-electron chi connectivity index (χ1n) is 9.53. The maximum atomic E-state index is 13.2. The van der Waals surface area contributed by atoms with Crippen LogP contribution in [0.2, 0.25) is 0 Å². The minimum Gasteiger partial charge on any atom is -0.467 e. The quantitative estimate of drug-likeness (QED) is 0.494. The summed E-state index contributed by atoms with van der Waals surface area (Å²) >= 11 is 0. The molecule has 0 bridgehead atoms. The molecule has 3 aromatic heterocycles. The van der Waals surface area contributed by atoms with Crippen LogP contribution in [-0.4, -0.2) is 20.4 Å². The van der Waals surface area contributed by atoms with Gasteiger partial charge in [-0.15, -0.1) is 0 Å². The largest absolute Gasteiger partial charge is 0.467 e. The molecule has 0 saturated heterocycles. The molecule has 0 atom stereocenters. The topological polar surface area (TPSA) is 73.0 Å². The summed E-state index contributed by atoms with van der Waals surface area (Å²) in [5, 5.41) is 2.85. The summed E-state index contributed by atoms with van der Waals surface area (Å²) in [6.45, 7) is 0.937. The van der Waals surface area contributed by atoms with E-state index >= 15 is 0 Å². The number of carbonyl (C=O) groups excluding carboxylic acids is 1. The molecule has 4 aromatic rings. The number of nitrogens with zero attached hydrogens (tertiary/aromatic N) is 3. The molecular weight excluding hydrogens is 371 g/mol. The molecular formula is C22H21FN4O2. The lowest BCUT2D eigenvalue weighted by atomic mass is 10.2. The van der Waals surface area contributed by atoms with Crippen LogP contribution in [-0.2, 0) is 24.3 Å². The van der Waals surface area contributed by atoms with Gasteiger partial charge in [0, 0.05) is 19.0 Å². The molecule has 1 amide bonds. The van der Waals surface area contributed by atoms with Gasteiger partial charge in [0.2, 0.25) is 5.91 Å². The highest BCUT2D eigenvalue weighted by Crippen LogP contribution is 2.18. The second-order valence-corrected chi connectivity index (χ2v) is 6.80. The SMILES string of the molecule is O=C(CCCc1nc2cccnc2n1Cc1ccc(F)cc1)NCc1ccco1. The van der Waals surface area contributed by atoms with Gasteiger partial charge in [0.05, 0.1) is 19.4 Å². The summed E-state index contributed by atoms with van der Waals surface area (Å²) < 4.78 is 20.5. The van der Waals surface area contributed by atoms with Gasteiger partial charge in [-0.3, -0.25) is 4.79 Å². The Bertz CT molecular complexity index is 1090. The number of benzene rings is 1. The van der Waals surface area contributed by atoms with Crippen LogP contribution in [0.3, 0.4) is 0 Å². The molecule has 0 spiro atoms. The number of carbonyl (C=O) groups is 1. The Labute approximate surface area is 167 Å². The Morgan fingerprint density at radius 2 is 2.00 bits per heavy atom. The molecule has 1 aromatic carbocycles. The van der Waals surface area contributed by atoms with Gasteiger partial charge in [-0.1, -0.05) is 12.1 Å². The minimum absolute atomic E-state index is 0.0271. The number of pyridine rings is 1. The van der Waals surface area contributed by atoms with E-state index in [4.69, 9.17) is 4.42 Å². The highest BCUT2D eigenvalue weighted by molar-refractivity contribution is 5.75. The first-order chi connectivity index (χ1) is 14.2. The average Bonchev–Trinajstić information content (AvgIpc) is 3.37. The number of aryl methyl sites for hydroxylation is 1. The van der Waals surface area contributed by atoms with Crippen LogP contribution in [0.1, 0.15) is 30.0 Å². The summed E-state index contributed by atoms with van der Waals surface area (Å²) in [6, 6.07) is 13.8. The van der Waals surface area contributed by atoms with Gasteiger partial charge in [-0.2, -0.15) is 0 Å². The van der Waals surface area contributed by atoms with E-state index in [2.05, 4.69) is 15.3 Å². The number of amides is 1. The lowest BCUT2D eigenvalue weighted by Crippen LogP contribution is -2.22. The van der Waals surface area contributed by atoms with E-state index in [1.807, 2.05) is 22.8 Å². The van der Waals surface area contributed by atoms with Gasteiger partial charge in [-0.25, -0.2) is 14.4 Å². The number of imidazole rings is 1. The van der Waals surface area contributed by atoms with Crippen LogP contribution in [0.15, 0.2) is 65.4 Å². The van der Waals surface area contributed by atoms with Crippen molar-refractivity contribution in [1.29, 1.82) is 0 Å². The number of furan rings is 1. The van der Waals surface area contributed by atoms with Crippen molar-refractivity contribution >= 4 is 17.1 Å². The standard InChI is InChI=1S/C22H21FN4O2/c23-17-10-8-16(9-11-17)15-27-20(26-19-5-2-12-24-22(19)27)6-1-7-21(28)25-14-18-4-3-13-29-18/h2-5,8-13H,1,6-7,14-15H2,(H,25,28). The number of rotatable bonds is 8. The number of hydrogen-bond acceptors (Lipinski definition) is 4. The molecule has 3 heterocycles. The Morgan fingerprint density at radius 1 is 1.14 bits per heavy atom. The molecule has 0 aliphatic heterocycles. The fourth-order valence-corrected chi connectivity index (χ4v) is 3.23. The fourth-order valence-electron chi connectivity index (χ4n) is 3.23. The van der Waals surface area contributed by atoms with E-state index in [9.17, 15) is 9.18 Å². The third-order valence-electron chi connectivity index (χ3n) is 4.68. The van der Waals surface area contributed by atoms with Crippen molar-refractivity contribution in [2.45, 2.75) is 32.4 Å². The molecule has 7 heteroatoms. The first-order valence-corrected chi connectivity index (χ1v) is 9.53. The normalized spacial score (nSPS) is 11.1. The van der Waals surface area contributed by atoms with E-state index < -0.39 is 0 Å². The van der Waals surface area contributed by atoms with E-state index in [-0.39, 0.29) is 11.7 Å². The minimum atomic E-state index is -0.261. The predicted octanol–water partition coefficient (Wildman–Crippen LogP) is 3.85. The highest BCUT2D eigenvalue weighted by Gasteiger charge is 2.13. The van der Waals surface area contributed by atoms with Crippen LogP contribution in [0.5, 0.6) is 0 Å².